The molecule has 0 fully saturated rings. The zero-order chi connectivity index (χ0) is 37.3. The summed E-state index contributed by atoms with van der Waals surface area (Å²) in [6.07, 6.45) is -21.7. The molecule has 0 unspecified atom stereocenters. The van der Waals surface area contributed by atoms with Gasteiger partial charge < -0.3 is 0 Å². The first-order chi connectivity index (χ1) is 18.9. The minimum atomic E-state index is -8.32. The molecule has 0 aromatic heterocycles. The molecular formula is C16H8Br2F26Sn. The zero-order valence-corrected chi connectivity index (χ0v) is 25.9. The molecule has 0 rings (SSSR count). The average Bonchev–Trinajstić information content (AvgIpc) is 2.79. The number of alkyl halides is 26. The molecule has 0 atom stereocenters. The normalized spacial score (nSPS) is 16.8. The van der Waals surface area contributed by atoms with Crippen LogP contribution in [-0.4, -0.2) is 85.5 Å². The van der Waals surface area contributed by atoms with Crippen LogP contribution in [0.2, 0.25) is 8.87 Å². The zero-order valence-electron chi connectivity index (χ0n) is 19.9. The van der Waals surface area contributed by atoms with Gasteiger partial charge in [-0.05, 0) is 0 Å². The van der Waals surface area contributed by atoms with E-state index in [0.29, 0.717) is 0 Å². The van der Waals surface area contributed by atoms with Gasteiger partial charge in [-0.3, -0.25) is 0 Å². The summed E-state index contributed by atoms with van der Waals surface area (Å²) in [7, 11) is 0. The van der Waals surface area contributed by atoms with E-state index >= 15 is 0 Å². The van der Waals surface area contributed by atoms with Crippen LogP contribution < -0.4 is 0 Å². The van der Waals surface area contributed by atoms with Crippen molar-refractivity contribution in [3.05, 3.63) is 0 Å². The second-order valence-electron chi connectivity index (χ2n) is 8.86. The summed E-state index contributed by atoms with van der Waals surface area (Å²) in [5, 5.41) is 0. The van der Waals surface area contributed by atoms with Crippen LogP contribution in [0.1, 0.15) is 12.8 Å². The van der Waals surface area contributed by atoms with E-state index < -0.39 is 107 Å². The third-order valence-electron chi connectivity index (χ3n) is 5.61. The van der Waals surface area contributed by atoms with Crippen molar-refractivity contribution in [2.45, 2.75) is 93.3 Å². The van der Waals surface area contributed by atoms with Gasteiger partial charge in [0, 0.05) is 0 Å². The topological polar surface area (TPSA) is 0 Å². The summed E-state index contributed by atoms with van der Waals surface area (Å²) in [5.41, 5.74) is 0. The van der Waals surface area contributed by atoms with Crippen LogP contribution >= 0.6 is 25.4 Å². The second-order valence-corrected chi connectivity index (χ2v) is 44.1. The number of rotatable bonds is 14. The molecule has 0 N–H and O–H groups in total. The number of hydrogen-bond acceptors (Lipinski definition) is 0. The van der Waals surface area contributed by atoms with E-state index in [-0.39, 0.29) is 0 Å². The Labute approximate surface area is 246 Å². The number of hydrogen-bond donors (Lipinski definition) is 0. The minimum absolute atomic E-state index is 2.08. The van der Waals surface area contributed by atoms with Crippen LogP contribution in [0.5, 0.6) is 0 Å². The van der Waals surface area contributed by atoms with Crippen molar-refractivity contribution in [3.8, 4) is 0 Å². The standard InChI is InChI=1S/2C8H4F13.2BrH.Sn/c2*1-2-3(9,10)4(11,12)5(13,14)6(15,16)7(17,18)8(19,20)21;;;/h2*1-2H2;2*1H;/q;;;;+2/p-2. The quantitative estimate of drug-likeness (QED) is 0.120. The molecule has 0 bridgehead atoms. The van der Waals surface area contributed by atoms with Crippen molar-refractivity contribution in [3.63, 3.8) is 0 Å². The molecule has 0 saturated carbocycles. The van der Waals surface area contributed by atoms with Crippen LogP contribution in [0.4, 0.5) is 114 Å². The molecule has 0 aliphatic heterocycles. The van der Waals surface area contributed by atoms with E-state index in [1.165, 1.54) is 0 Å². The van der Waals surface area contributed by atoms with Crippen molar-refractivity contribution in [2.24, 2.45) is 0 Å². The van der Waals surface area contributed by atoms with E-state index in [1.807, 2.05) is 0 Å². The van der Waals surface area contributed by atoms with Gasteiger partial charge in [-0.1, -0.05) is 0 Å². The predicted molar refractivity (Wildman–Crippen MR) is 104 cm³/mol. The fourth-order valence-electron chi connectivity index (χ4n) is 2.72. The van der Waals surface area contributed by atoms with Gasteiger partial charge in [0.1, 0.15) is 0 Å². The van der Waals surface area contributed by atoms with Gasteiger partial charge in [-0.2, -0.15) is 0 Å². The maximum atomic E-state index is 13.9. The third kappa shape index (κ3) is 7.15. The second kappa shape index (κ2) is 12.1. The molecule has 0 spiro atoms. The van der Waals surface area contributed by atoms with Crippen LogP contribution in [-0.2, 0) is 0 Å². The monoisotopic (exact) mass is 972 g/mol. The summed E-state index contributed by atoms with van der Waals surface area (Å²) in [6, 6.07) is 0. The SMILES string of the molecule is FC(F)(F)C(F)(F)C(F)(F)C(F)(F)C(F)(F)C(F)(F)C[CH2][Sn]([Br])([Br])[CH2]CC(F)(F)C(F)(F)C(F)(F)C(F)(F)C(F)(F)C(F)(F)F. The van der Waals surface area contributed by atoms with Gasteiger partial charge >= 0.3 is 247 Å². The maximum absolute atomic E-state index is 13.9. The Kier molecular flexibility index (Phi) is 12.0. The Morgan fingerprint density at radius 2 is 0.467 bits per heavy atom. The predicted octanol–water partition coefficient (Wildman–Crippen LogP) is 11.5. The molecule has 0 aromatic rings. The van der Waals surface area contributed by atoms with Gasteiger partial charge in [0.25, 0.3) is 0 Å². The molecule has 0 amide bonds. The van der Waals surface area contributed by atoms with Crippen LogP contribution in [0, 0.1) is 0 Å². The Bertz CT molecular complexity index is 959. The summed E-state index contributed by atoms with van der Waals surface area (Å²) < 4.78 is 337. The van der Waals surface area contributed by atoms with Crippen molar-refractivity contribution in [1.82, 2.24) is 0 Å². The van der Waals surface area contributed by atoms with Crippen molar-refractivity contribution < 1.29 is 114 Å². The molecule has 0 saturated heterocycles. The van der Waals surface area contributed by atoms with Crippen molar-refractivity contribution >= 4 is 39.3 Å². The van der Waals surface area contributed by atoms with Crippen LogP contribution in [0.25, 0.3) is 0 Å². The van der Waals surface area contributed by atoms with Crippen LogP contribution in [0.15, 0.2) is 0 Å². The average molecular weight is 973 g/mol. The van der Waals surface area contributed by atoms with Gasteiger partial charge in [0.15, 0.2) is 0 Å². The first-order valence-electron chi connectivity index (χ1n) is 10.2. The van der Waals surface area contributed by atoms with E-state index in [4.69, 9.17) is 0 Å². The molecule has 0 aliphatic rings. The van der Waals surface area contributed by atoms with Crippen LogP contribution in [0.3, 0.4) is 0 Å². The first kappa shape index (κ1) is 44.9. The molecular weight excluding hydrogens is 965 g/mol. The van der Waals surface area contributed by atoms with Crippen molar-refractivity contribution in [2.75, 3.05) is 0 Å². The Balaban J connectivity index is 6.20. The summed E-state index contributed by atoms with van der Waals surface area (Å²) in [4.78, 5) is 0. The van der Waals surface area contributed by atoms with E-state index in [1.54, 1.807) is 0 Å². The summed E-state index contributed by atoms with van der Waals surface area (Å²) >= 11 is -1.67. The Hall–Kier alpha value is -0.0613. The molecule has 272 valence electrons. The Morgan fingerprint density at radius 3 is 0.644 bits per heavy atom. The molecule has 0 heterocycles. The molecule has 0 aliphatic carbocycles. The first-order valence-corrected chi connectivity index (χ1v) is 27.0. The van der Waals surface area contributed by atoms with E-state index in [2.05, 4.69) is 25.4 Å². The third-order valence-corrected chi connectivity index (χ3v) is 21.8. The van der Waals surface area contributed by atoms with Gasteiger partial charge in [0.05, 0.1) is 0 Å². The fraction of sp³-hybridized carbons (Fsp3) is 1.00. The molecule has 45 heavy (non-hydrogen) atoms. The van der Waals surface area contributed by atoms with Gasteiger partial charge in [0.2, 0.25) is 0 Å². The van der Waals surface area contributed by atoms with Crippen molar-refractivity contribution in [1.29, 1.82) is 0 Å². The van der Waals surface area contributed by atoms with E-state index in [9.17, 15) is 114 Å². The summed E-state index contributed by atoms with van der Waals surface area (Å²) in [5.74, 6) is -78.7. The number of halogens is 28. The molecule has 0 nitrogen and oxygen atoms in total. The molecule has 29 heteroatoms. The van der Waals surface area contributed by atoms with Gasteiger partial charge in [-0.25, -0.2) is 0 Å². The fourth-order valence-corrected chi connectivity index (χ4v) is 12.6. The summed E-state index contributed by atoms with van der Waals surface area (Å²) in [6.45, 7) is 0. The molecule has 0 radical (unpaired) electrons. The van der Waals surface area contributed by atoms with Gasteiger partial charge in [-0.15, -0.1) is 0 Å². The van der Waals surface area contributed by atoms with E-state index in [0.717, 1.165) is 0 Å². The molecule has 0 aromatic carbocycles. The Morgan fingerprint density at radius 1 is 0.289 bits per heavy atom.